The van der Waals surface area contributed by atoms with Crippen molar-refractivity contribution in [1.29, 1.82) is 0 Å². The van der Waals surface area contributed by atoms with E-state index in [9.17, 15) is 4.79 Å². The molecule has 0 fully saturated rings. The van der Waals surface area contributed by atoms with Crippen molar-refractivity contribution in [3.63, 3.8) is 0 Å². The Hall–Kier alpha value is -1.81. The summed E-state index contributed by atoms with van der Waals surface area (Å²) in [5.41, 5.74) is 2.96. The molecular formula is C17H18BrNO2. The Labute approximate surface area is 133 Å². The predicted molar refractivity (Wildman–Crippen MR) is 88.8 cm³/mol. The Kier molecular flexibility index (Phi) is 5.39. The standard InChI is InChI=1S/C17H18BrNO2/c1-3-13-6-4-5-7-15(13)19-17(20)11-21-16-9-8-14(18)10-12(16)2/h4-10H,3,11H2,1-2H3,(H,19,20). The van der Waals surface area contributed by atoms with Gasteiger partial charge in [-0.15, -0.1) is 0 Å². The summed E-state index contributed by atoms with van der Waals surface area (Å²) >= 11 is 3.40. The summed E-state index contributed by atoms with van der Waals surface area (Å²) in [6, 6.07) is 13.5. The molecule has 21 heavy (non-hydrogen) atoms. The summed E-state index contributed by atoms with van der Waals surface area (Å²) in [5.74, 6) is 0.565. The van der Waals surface area contributed by atoms with Crippen LogP contribution < -0.4 is 10.1 Å². The summed E-state index contributed by atoms with van der Waals surface area (Å²) in [6.45, 7) is 4.01. The lowest BCUT2D eigenvalue weighted by atomic mass is 10.1. The van der Waals surface area contributed by atoms with Gasteiger partial charge in [0.2, 0.25) is 0 Å². The van der Waals surface area contributed by atoms with Crippen molar-refractivity contribution in [3.8, 4) is 5.75 Å². The van der Waals surface area contributed by atoms with E-state index in [0.717, 1.165) is 33.5 Å². The number of carbonyl (C=O) groups is 1. The normalized spacial score (nSPS) is 10.2. The molecule has 1 N–H and O–H groups in total. The van der Waals surface area contributed by atoms with Gasteiger partial charge in [-0.25, -0.2) is 0 Å². The van der Waals surface area contributed by atoms with Crippen LogP contribution in [0.2, 0.25) is 0 Å². The van der Waals surface area contributed by atoms with Gasteiger partial charge in [-0.05, 0) is 48.7 Å². The molecule has 0 aliphatic carbocycles. The Morgan fingerprint density at radius 3 is 2.71 bits per heavy atom. The molecule has 2 aromatic rings. The zero-order valence-electron chi connectivity index (χ0n) is 12.2. The van der Waals surface area contributed by atoms with Gasteiger partial charge in [0.05, 0.1) is 0 Å². The van der Waals surface area contributed by atoms with Gasteiger partial charge in [-0.1, -0.05) is 41.1 Å². The molecular weight excluding hydrogens is 330 g/mol. The fraction of sp³-hybridized carbons (Fsp3) is 0.235. The summed E-state index contributed by atoms with van der Waals surface area (Å²) < 4.78 is 6.56. The van der Waals surface area contributed by atoms with Crippen molar-refractivity contribution in [2.75, 3.05) is 11.9 Å². The van der Waals surface area contributed by atoms with E-state index in [1.165, 1.54) is 0 Å². The highest BCUT2D eigenvalue weighted by Crippen LogP contribution is 2.22. The van der Waals surface area contributed by atoms with Crippen molar-refractivity contribution in [3.05, 3.63) is 58.1 Å². The number of nitrogens with one attached hydrogen (secondary N) is 1. The summed E-state index contributed by atoms with van der Waals surface area (Å²) in [6.07, 6.45) is 0.878. The van der Waals surface area contributed by atoms with Crippen LogP contribution in [-0.4, -0.2) is 12.5 Å². The van der Waals surface area contributed by atoms with Crippen LogP contribution in [0, 0.1) is 6.92 Å². The summed E-state index contributed by atoms with van der Waals surface area (Å²) in [4.78, 5) is 12.0. The van der Waals surface area contributed by atoms with Crippen LogP contribution in [0.25, 0.3) is 0 Å². The SMILES string of the molecule is CCc1ccccc1NC(=O)COc1ccc(Br)cc1C. The Bertz CT molecular complexity index is 640. The van der Waals surface area contributed by atoms with Crippen LogP contribution >= 0.6 is 15.9 Å². The molecule has 110 valence electrons. The van der Waals surface area contributed by atoms with E-state index in [2.05, 4.69) is 28.2 Å². The molecule has 2 rings (SSSR count). The van der Waals surface area contributed by atoms with E-state index in [4.69, 9.17) is 4.74 Å². The lowest BCUT2D eigenvalue weighted by Crippen LogP contribution is -2.21. The molecule has 0 radical (unpaired) electrons. The maximum Gasteiger partial charge on any atom is 0.262 e. The van der Waals surface area contributed by atoms with Gasteiger partial charge in [-0.3, -0.25) is 4.79 Å². The fourth-order valence-electron chi connectivity index (χ4n) is 2.05. The van der Waals surface area contributed by atoms with Crippen LogP contribution in [-0.2, 0) is 11.2 Å². The zero-order chi connectivity index (χ0) is 15.2. The highest BCUT2D eigenvalue weighted by atomic mass is 79.9. The van der Waals surface area contributed by atoms with Crippen LogP contribution in [0.1, 0.15) is 18.1 Å². The van der Waals surface area contributed by atoms with Crippen LogP contribution in [0.4, 0.5) is 5.69 Å². The lowest BCUT2D eigenvalue weighted by molar-refractivity contribution is -0.118. The average molecular weight is 348 g/mol. The van der Waals surface area contributed by atoms with E-state index in [0.29, 0.717) is 0 Å². The first kappa shape index (κ1) is 15.6. The minimum absolute atomic E-state index is 0.000517. The predicted octanol–water partition coefficient (Wildman–Crippen LogP) is 4.34. The molecule has 4 heteroatoms. The van der Waals surface area contributed by atoms with Crippen LogP contribution in [0.3, 0.4) is 0 Å². The van der Waals surface area contributed by atoms with E-state index in [1.54, 1.807) is 0 Å². The molecule has 0 aliphatic heterocycles. The third-order valence-electron chi connectivity index (χ3n) is 3.17. The lowest BCUT2D eigenvalue weighted by Gasteiger charge is -2.12. The number of rotatable bonds is 5. The molecule has 0 aliphatic rings. The minimum atomic E-state index is -0.154. The topological polar surface area (TPSA) is 38.3 Å². The number of carbonyl (C=O) groups excluding carboxylic acids is 1. The van der Waals surface area contributed by atoms with Gasteiger partial charge in [0.15, 0.2) is 6.61 Å². The second-order valence-corrected chi connectivity index (χ2v) is 5.67. The first-order valence-electron chi connectivity index (χ1n) is 6.87. The molecule has 0 bridgehead atoms. The first-order valence-corrected chi connectivity index (χ1v) is 7.66. The third kappa shape index (κ3) is 4.33. The van der Waals surface area contributed by atoms with Crippen molar-refractivity contribution in [2.24, 2.45) is 0 Å². The van der Waals surface area contributed by atoms with Gasteiger partial charge in [0, 0.05) is 10.2 Å². The molecule has 1 amide bonds. The first-order chi connectivity index (χ1) is 10.1. The van der Waals surface area contributed by atoms with Crippen molar-refractivity contribution < 1.29 is 9.53 Å². The molecule has 0 aromatic heterocycles. The summed E-state index contributed by atoms with van der Waals surface area (Å²) in [5, 5.41) is 2.89. The minimum Gasteiger partial charge on any atom is -0.483 e. The van der Waals surface area contributed by atoms with Crippen molar-refractivity contribution in [2.45, 2.75) is 20.3 Å². The quantitative estimate of drug-likeness (QED) is 0.873. The fourth-order valence-corrected chi connectivity index (χ4v) is 2.53. The van der Waals surface area contributed by atoms with E-state index < -0.39 is 0 Å². The second kappa shape index (κ2) is 7.27. The molecule has 2 aromatic carbocycles. The van der Waals surface area contributed by atoms with Crippen molar-refractivity contribution in [1.82, 2.24) is 0 Å². The largest absolute Gasteiger partial charge is 0.483 e. The van der Waals surface area contributed by atoms with Gasteiger partial charge in [0.1, 0.15) is 5.75 Å². The molecule has 0 atom stereocenters. The maximum absolute atomic E-state index is 12.0. The number of hydrogen-bond acceptors (Lipinski definition) is 2. The molecule has 0 spiro atoms. The number of benzene rings is 2. The monoisotopic (exact) mass is 347 g/mol. The number of amides is 1. The molecule has 0 saturated heterocycles. The Morgan fingerprint density at radius 2 is 2.00 bits per heavy atom. The highest BCUT2D eigenvalue weighted by molar-refractivity contribution is 9.10. The molecule has 0 saturated carbocycles. The Morgan fingerprint density at radius 1 is 1.24 bits per heavy atom. The number of aryl methyl sites for hydroxylation is 2. The molecule has 0 heterocycles. The average Bonchev–Trinajstić information content (AvgIpc) is 2.47. The molecule has 3 nitrogen and oxygen atoms in total. The van der Waals surface area contributed by atoms with Crippen molar-refractivity contribution >= 4 is 27.5 Å². The van der Waals surface area contributed by atoms with Gasteiger partial charge >= 0.3 is 0 Å². The van der Waals surface area contributed by atoms with E-state index >= 15 is 0 Å². The highest BCUT2D eigenvalue weighted by Gasteiger charge is 2.07. The number of hydrogen-bond donors (Lipinski definition) is 1. The van der Waals surface area contributed by atoms with Gasteiger partial charge < -0.3 is 10.1 Å². The number of anilines is 1. The van der Waals surface area contributed by atoms with Gasteiger partial charge in [0.25, 0.3) is 5.91 Å². The van der Waals surface area contributed by atoms with E-state index in [1.807, 2.05) is 49.4 Å². The smallest absolute Gasteiger partial charge is 0.262 e. The Balaban J connectivity index is 1.96. The summed E-state index contributed by atoms with van der Waals surface area (Å²) in [7, 11) is 0. The number of halogens is 1. The van der Waals surface area contributed by atoms with Gasteiger partial charge in [-0.2, -0.15) is 0 Å². The van der Waals surface area contributed by atoms with Crippen LogP contribution in [0.15, 0.2) is 46.9 Å². The number of ether oxygens (including phenoxy) is 1. The maximum atomic E-state index is 12.0. The second-order valence-electron chi connectivity index (χ2n) is 4.76. The number of para-hydroxylation sites is 1. The molecule has 0 unspecified atom stereocenters. The zero-order valence-corrected chi connectivity index (χ0v) is 13.7. The van der Waals surface area contributed by atoms with E-state index in [-0.39, 0.29) is 12.5 Å². The van der Waals surface area contributed by atoms with Crippen LogP contribution in [0.5, 0.6) is 5.75 Å². The third-order valence-corrected chi connectivity index (χ3v) is 3.66.